The molecule has 2 saturated carbocycles. The quantitative estimate of drug-likeness (QED) is 0.237. The smallest absolute Gasteiger partial charge is 0.306 e. The molecule has 2 aromatic rings. The molecule has 300 valence electrons. The van der Waals surface area contributed by atoms with Crippen LogP contribution in [0.25, 0.3) is 10.8 Å². The summed E-state index contributed by atoms with van der Waals surface area (Å²) in [4.78, 5) is 62.1. The van der Waals surface area contributed by atoms with Gasteiger partial charge in [0.15, 0.2) is 5.78 Å². The van der Waals surface area contributed by atoms with E-state index in [0.29, 0.717) is 23.6 Å². The second kappa shape index (κ2) is 15.8. The number of methoxy groups -OCH3 is 1. The second-order valence-corrected chi connectivity index (χ2v) is 18.4. The zero-order valence-corrected chi connectivity index (χ0v) is 32.8. The molecule has 15 heteroatoms. The average molecular weight is 788 g/mol. The van der Waals surface area contributed by atoms with E-state index < -0.39 is 86.3 Å². The number of pyridine rings is 1. The van der Waals surface area contributed by atoms with Crippen molar-refractivity contribution < 1.29 is 50.6 Å². The van der Waals surface area contributed by atoms with Crippen LogP contribution in [0.2, 0.25) is 0 Å². The standard InChI is InChI=1S/C40H51F2N3O9S/c1-23(2)53-35(47)18-30-25(4)14-24(3)8-6-7-9-26-19-40(26,38(49)44-55(50,51)39(22-41)11-12-39)20-33(46)32-17-28(21-45(32)37(30)48)54-36-31-15-27(42)16-34(52-5)29(31)10-13-43-36/h7,9-10,13,15-16,23-26,28,30,32H,6,8,11-12,14,17-22H2,1-5H3,(H,44,49)/b9-7-/t24-,25-,26-,28-,30+,32+,40-/m1/s1. The molecule has 0 unspecified atom stereocenters. The minimum absolute atomic E-state index is 0.00942. The van der Waals surface area contributed by atoms with E-state index in [9.17, 15) is 36.4 Å². The Morgan fingerprint density at radius 2 is 1.87 bits per heavy atom. The zero-order valence-electron chi connectivity index (χ0n) is 32.0. The van der Waals surface area contributed by atoms with Crippen molar-refractivity contribution in [1.82, 2.24) is 14.6 Å². The number of esters is 1. The van der Waals surface area contributed by atoms with Crippen LogP contribution in [0.15, 0.2) is 36.5 Å². The third-order valence-corrected chi connectivity index (χ3v) is 13.9. The summed E-state index contributed by atoms with van der Waals surface area (Å²) in [6.07, 6.45) is 5.86. The molecule has 0 radical (unpaired) electrons. The fraction of sp³-hybridized carbons (Fsp3) is 0.625. The number of aromatic nitrogens is 1. The van der Waals surface area contributed by atoms with Crippen LogP contribution < -0.4 is 14.2 Å². The molecule has 3 fully saturated rings. The Balaban J connectivity index is 1.36. The monoisotopic (exact) mass is 787 g/mol. The van der Waals surface area contributed by atoms with Crippen molar-refractivity contribution in [1.29, 1.82) is 0 Å². The van der Waals surface area contributed by atoms with Crippen molar-refractivity contribution in [3.8, 4) is 11.6 Å². The molecular weight excluding hydrogens is 737 g/mol. The minimum atomic E-state index is -4.36. The van der Waals surface area contributed by atoms with Crippen LogP contribution in [0.5, 0.6) is 11.6 Å². The molecule has 6 rings (SSSR count). The zero-order chi connectivity index (χ0) is 39.9. The molecule has 2 aliphatic carbocycles. The van der Waals surface area contributed by atoms with Crippen molar-refractivity contribution in [3.63, 3.8) is 0 Å². The largest absolute Gasteiger partial charge is 0.496 e. The van der Waals surface area contributed by atoms with Gasteiger partial charge >= 0.3 is 5.97 Å². The average Bonchev–Trinajstić information content (AvgIpc) is 4.03. The van der Waals surface area contributed by atoms with Gasteiger partial charge in [0, 0.05) is 30.5 Å². The van der Waals surface area contributed by atoms with E-state index in [2.05, 4.69) is 16.6 Å². The first-order valence-electron chi connectivity index (χ1n) is 19.1. The fourth-order valence-corrected chi connectivity index (χ4v) is 9.79. The maximum atomic E-state index is 14.8. The second-order valence-electron chi connectivity index (χ2n) is 16.3. The molecular formula is C40H51F2N3O9S. The van der Waals surface area contributed by atoms with Gasteiger partial charge in [0.05, 0.1) is 48.9 Å². The molecule has 1 N–H and O–H groups in total. The van der Waals surface area contributed by atoms with Gasteiger partial charge in [-0.25, -0.2) is 22.2 Å². The molecule has 4 aliphatic rings. The van der Waals surface area contributed by atoms with Crippen molar-refractivity contribution in [2.24, 2.45) is 29.1 Å². The number of allylic oxidation sites excluding steroid dienone is 2. The number of carbonyl (C=O) groups excluding carboxylic acids is 4. The molecule has 7 atom stereocenters. The summed E-state index contributed by atoms with van der Waals surface area (Å²) >= 11 is 0. The molecule has 1 saturated heterocycles. The molecule has 3 heterocycles. The van der Waals surface area contributed by atoms with Crippen LogP contribution in [0.1, 0.15) is 85.5 Å². The number of sulfonamides is 1. The summed E-state index contributed by atoms with van der Waals surface area (Å²) in [5, 5.41) is 0.863. The van der Waals surface area contributed by atoms with Gasteiger partial charge in [0.25, 0.3) is 0 Å². The van der Waals surface area contributed by atoms with Gasteiger partial charge in [0.2, 0.25) is 27.7 Å². The number of hydrogen-bond acceptors (Lipinski definition) is 10. The number of Topliss-reactive ketones (excluding diaryl/α,β-unsaturated/α-hetero) is 1. The number of alkyl halides is 1. The van der Waals surface area contributed by atoms with Crippen LogP contribution >= 0.6 is 0 Å². The first-order chi connectivity index (χ1) is 26.0. The van der Waals surface area contributed by atoms with Crippen LogP contribution in [0.4, 0.5) is 8.78 Å². The lowest BCUT2D eigenvalue weighted by Crippen LogP contribution is -2.48. The summed E-state index contributed by atoms with van der Waals surface area (Å²) in [7, 11) is -2.95. The van der Waals surface area contributed by atoms with Gasteiger partial charge in [0.1, 0.15) is 29.1 Å². The molecule has 2 aliphatic heterocycles. The van der Waals surface area contributed by atoms with Crippen LogP contribution in [0.3, 0.4) is 0 Å². The maximum absolute atomic E-state index is 14.8. The molecule has 1 aromatic heterocycles. The van der Waals surface area contributed by atoms with E-state index in [-0.39, 0.29) is 68.5 Å². The Labute approximate surface area is 320 Å². The van der Waals surface area contributed by atoms with Crippen LogP contribution in [-0.2, 0) is 33.9 Å². The number of nitrogens with zero attached hydrogens (tertiary/aromatic N) is 2. The summed E-state index contributed by atoms with van der Waals surface area (Å²) in [6, 6.07) is 3.04. The highest BCUT2D eigenvalue weighted by molar-refractivity contribution is 7.91. The highest BCUT2D eigenvalue weighted by atomic mass is 32.2. The topological polar surface area (TPSA) is 158 Å². The van der Waals surface area contributed by atoms with E-state index in [0.717, 1.165) is 6.42 Å². The Morgan fingerprint density at radius 1 is 1.13 bits per heavy atom. The van der Waals surface area contributed by atoms with Crippen molar-refractivity contribution in [2.45, 2.75) is 108 Å². The molecule has 2 amide bonds. The predicted octanol–water partition coefficient (Wildman–Crippen LogP) is 5.61. The summed E-state index contributed by atoms with van der Waals surface area (Å²) in [5.74, 6) is -3.99. The van der Waals surface area contributed by atoms with Gasteiger partial charge in [-0.15, -0.1) is 0 Å². The van der Waals surface area contributed by atoms with Gasteiger partial charge in [-0.3, -0.25) is 23.9 Å². The highest BCUT2D eigenvalue weighted by Crippen LogP contribution is 2.58. The number of benzene rings is 1. The van der Waals surface area contributed by atoms with E-state index in [4.69, 9.17) is 14.2 Å². The van der Waals surface area contributed by atoms with Gasteiger partial charge < -0.3 is 19.1 Å². The van der Waals surface area contributed by atoms with Crippen molar-refractivity contribution >= 4 is 44.4 Å². The number of hydrogen-bond donors (Lipinski definition) is 1. The van der Waals surface area contributed by atoms with Gasteiger partial charge in [-0.1, -0.05) is 26.0 Å². The third-order valence-electron chi connectivity index (χ3n) is 11.8. The van der Waals surface area contributed by atoms with Crippen molar-refractivity contribution in [3.05, 3.63) is 42.4 Å². The lowest BCUT2D eigenvalue weighted by atomic mass is 9.82. The summed E-state index contributed by atoms with van der Waals surface area (Å²) in [6.45, 7) is 6.22. The lowest BCUT2D eigenvalue weighted by Gasteiger charge is -2.32. The fourth-order valence-electron chi connectivity index (χ4n) is 8.34. The number of ether oxygens (including phenoxy) is 3. The Kier molecular flexibility index (Phi) is 11.6. The Morgan fingerprint density at radius 3 is 2.55 bits per heavy atom. The molecule has 0 bridgehead atoms. The Hall–Kier alpha value is -4.14. The van der Waals surface area contributed by atoms with Crippen LogP contribution in [-0.4, -0.2) is 85.2 Å². The number of fused-ring (bicyclic) bond motifs is 3. The van der Waals surface area contributed by atoms with E-state index in [1.165, 1.54) is 30.3 Å². The van der Waals surface area contributed by atoms with E-state index >= 15 is 0 Å². The minimum Gasteiger partial charge on any atom is -0.496 e. The normalized spacial score (nSPS) is 30.1. The summed E-state index contributed by atoms with van der Waals surface area (Å²) in [5.41, 5.74) is -1.43. The lowest BCUT2D eigenvalue weighted by molar-refractivity contribution is -0.154. The highest BCUT2D eigenvalue weighted by Gasteiger charge is 2.63. The number of amides is 2. The van der Waals surface area contributed by atoms with Crippen LogP contribution in [0, 0.1) is 34.9 Å². The number of ketones is 1. The number of carbonyl (C=O) groups is 4. The SMILES string of the molecule is COc1cc(F)cc2c(O[C@@H]3C[C@H]4C(=O)C[C@]5(C(=O)NS(=O)(=O)C6(CF)CC6)C[C@H]5/C=C\CC[C@@H](C)C[C@@H](C)[C@H](CC(=O)OC(C)C)C(=O)N4C3)nccc12. The number of halogens is 2. The summed E-state index contributed by atoms with van der Waals surface area (Å²) < 4.78 is 72.5. The Bertz CT molecular complexity index is 1970. The van der Waals surface area contributed by atoms with E-state index in [1.807, 2.05) is 19.1 Å². The maximum Gasteiger partial charge on any atom is 0.306 e. The first kappa shape index (κ1) is 40.5. The van der Waals surface area contributed by atoms with E-state index in [1.54, 1.807) is 19.9 Å². The van der Waals surface area contributed by atoms with Gasteiger partial charge in [-0.05, 0) is 82.3 Å². The molecule has 55 heavy (non-hydrogen) atoms. The molecule has 1 aromatic carbocycles. The molecule has 12 nitrogen and oxygen atoms in total. The molecule has 0 spiro atoms. The van der Waals surface area contributed by atoms with Crippen molar-refractivity contribution in [2.75, 3.05) is 20.3 Å². The van der Waals surface area contributed by atoms with Gasteiger partial charge in [-0.2, -0.15) is 0 Å². The number of nitrogens with one attached hydrogen (secondary N) is 1. The number of rotatable bonds is 10. The first-order valence-corrected chi connectivity index (χ1v) is 20.6. The third kappa shape index (κ3) is 8.36. The predicted molar refractivity (Wildman–Crippen MR) is 199 cm³/mol.